The number of nitrogens with zero attached hydrogens (tertiary/aromatic N) is 2. The van der Waals surface area contributed by atoms with Gasteiger partial charge in [0.1, 0.15) is 0 Å². The number of aliphatic carboxylic acids is 1. The number of hydrogen-bond donors (Lipinski definition) is 1. The van der Waals surface area contributed by atoms with Crippen LogP contribution in [0, 0.1) is 6.92 Å². The lowest BCUT2D eigenvalue weighted by Gasteiger charge is -2.11. The molecule has 0 aliphatic rings. The first-order valence-corrected chi connectivity index (χ1v) is 5.24. The molecule has 0 bridgehead atoms. The van der Waals surface area contributed by atoms with E-state index in [-0.39, 0.29) is 12.3 Å². The predicted molar refractivity (Wildman–Crippen MR) is 60.6 cm³/mol. The molecule has 0 saturated heterocycles. The fourth-order valence-corrected chi connectivity index (χ4v) is 1.94. The quantitative estimate of drug-likeness (QED) is 0.859. The van der Waals surface area contributed by atoms with Crippen molar-refractivity contribution >= 4 is 11.5 Å². The lowest BCUT2D eigenvalue weighted by atomic mass is 10.0. The number of fused-ring (bicyclic) bond motifs is 1. The zero-order valence-electron chi connectivity index (χ0n) is 9.34. The van der Waals surface area contributed by atoms with Gasteiger partial charge in [-0.1, -0.05) is 13.0 Å². The zero-order valence-corrected chi connectivity index (χ0v) is 9.34. The highest BCUT2D eigenvalue weighted by molar-refractivity contribution is 5.68. The Morgan fingerprint density at radius 2 is 2.31 bits per heavy atom. The summed E-state index contributed by atoms with van der Waals surface area (Å²) in [5.41, 5.74) is 2.99. The largest absolute Gasteiger partial charge is 0.481 e. The molecule has 0 saturated carbocycles. The molecule has 1 N–H and O–H groups in total. The zero-order chi connectivity index (χ0) is 11.7. The second-order valence-electron chi connectivity index (χ2n) is 4.03. The van der Waals surface area contributed by atoms with Crippen LogP contribution in [-0.2, 0) is 4.79 Å². The Labute approximate surface area is 93.5 Å². The third-order valence-electron chi connectivity index (χ3n) is 2.78. The molecule has 1 atom stereocenters. The third-order valence-corrected chi connectivity index (χ3v) is 2.78. The summed E-state index contributed by atoms with van der Waals surface area (Å²) in [5, 5.41) is 8.80. The number of pyridine rings is 1. The van der Waals surface area contributed by atoms with Crippen LogP contribution in [-0.4, -0.2) is 20.5 Å². The second-order valence-corrected chi connectivity index (χ2v) is 4.03. The summed E-state index contributed by atoms with van der Waals surface area (Å²) in [6.07, 6.45) is 1.88. The molecule has 0 aliphatic heterocycles. The first-order valence-electron chi connectivity index (χ1n) is 5.24. The average molecular weight is 218 g/mol. The van der Waals surface area contributed by atoms with Gasteiger partial charge in [-0.3, -0.25) is 4.79 Å². The van der Waals surface area contributed by atoms with Gasteiger partial charge in [-0.2, -0.15) is 0 Å². The normalized spacial score (nSPS) is 12.9. The van der Waals surface area contributed by atoms with Crippen LogP contribution >= 0.6 is 0 Å². The number of aryl methyl sites for hydroxylation is 1. The van der Waals surface area contributed by atoms with E-state index in [2.05, 4.69) is 4.98 Å². The molecule has 1 unspecified atom stereocenters. The van der Waals surface area contributed by atoms with Crippen molar-refractivity contribution in [2.45, 2.75) is 26.2 Å². The van der Waals surface area contributed by atoms with Crippen LogP contribution < -0.4 is 0 Å². The number of aromatic nitrogens is 2. The highest BCUT2D eigenvalue weighted by atomic mass is 16.4. The Morgan fingerprint density at radius 3 is 3.00 bits per heavy atom. The minimum absolute atomic E-state index is 0.0187. The van der Waals surface area contributed by atoms with Crippen LogP contribution in [0.4, 0.5) is 0 Å². The van der Waals surface area contributed by atoms with Crippen molar-refractivity contribution < 1.29 is 9.90 Å². The molecule has 2 aromatic heterocycles. The van der Waals surface area contributed by atoms with Gasteiger partial charge in [0.05, 0.1) is 24.0 Å². The summed E-state index contributed by atoms with van der Waals surface area (Å²) in [6, 6.07) is 5.87. The van der Waals surface area contributed by atoms with Gasteiger partial charge in [-0.25, -0.2) is 4.98 Å². The Bertz CT molecular complexity index is 531. The highest BCUT2D eigenvalue weighted by Crippen LogP contribution is 2.21. The average Bonchev–Trinajstić information content (AvgIpc) is 2.59. The first kappa shape index (κ1) is 10.7. The molecule has 0 fully saturated rings. The number of carboxylic acids is 1. The van der Waals surface area contributed by atoms with E-state index in [9.17, 15) is 4.79 Å². The van der Waals surface area contributed by atoms with Crippen LogP contribution in [0.3, 0.4) is 0 Å². The lowest BCUT2D eigenvalue weighted by molar-refractivity contribution is -0.137. The van der Waals surface area contributed by atoms with Crippen LogP contribution in [0.1, 0.15) is 30.7 Å². The maximum atomic E-state index is 10.7. The fourth-order valence-electron chi connectivity index (χ4n) is 1.94. The van der Waals surface area contributed by atoms with Crippen LogP contribution in [0.2, 0.25) is 0 Å². The van der Waals surface area contributed by atoms with Gasteiger partial charge < -0.3 is 9.51 Å². The monoisotopic (exact) mass is 218 g/mol. The summed E-state index contributed by atoms with van der Waals surface area (Å²) >= 11 is 0. The molecule has 4 nitrogen and oxygen atoms in total. The van der Waals surface area contributed by atoms with E-state index in [0.29, 0.717) is 0 Å². The van der Waals surface area contributed by atoms with Crippen molar-refractivity contribution in [1.29, 1.82) is 0 Å². The number of hydrogen-bond acceptors (Lipinski definition) is 2. The van der Waals surface area contributed by atoms with E-state index in [4.69, 9.17) is 5.11 Å². The Hall–Kier alpha value is -1.84. The van der Waals surface area contributed by atoms with Crippen LogP contribution in [0.25, 0.3) is 5.52 Å². The van der Waals surface area contributed by atoms with E-state index in [1.54, 1.807) is 6.33 Å². The smallest absolute Gasteiger partial charge is 0.304 e. The molecule has 0 aromatic carbocycles. The minimum atomic E-state index is -0.777. The number of carbonyl (C=O) groups is 1. The summed E-state index contributed by atoms with van der Waals surface area (Å²) in [7, 11) is 0. The summed E-state index contributed by atoms with van der Waals surface area (Å²) in [6.45, 7) is 3.86. The lowest BCUT2D eigenvalue weighted by Crippen LogP contribution is -2.06. The molecule has 4 heteroatoms. The molecule has 2 rings (SSSR count). The minimum Gasteiger partial charge on any atom is -0.481 e. The van der Waals surface area contributed by atoms with Gasteiger partial charge in [0.15, 0.2) is 0 Å². The maximum Gasteiger partial charge on any atom is 0.304 e. The molecular weight excluding hydrogens is 204 g/mol. The third kappa shape index (κ3) is 1.78. The Morgan fingerprint density at radius 1 is 1.56 bits per heavy atom. The molecule has 2 heterocycles. The fraction of sp³-hybridized carbons (Fsp3) is 0.333. The first-order chi connectivity index (χ1) is 7.59. The number of rotatable bonds is 3. The maximum absolute atomic E-state index is 10.7. The summed E-state index contributed by atoms with van der Waals surface area (Å²) < 4.78 is 1.96. The van der Waals surface area contributed by atoms with Crippen molar-refractivity contribution in [3.8, 4) is 0 Å². The standard InChI is InChI=1S/C12H14N2O2/c1-8(6-12(15)16)10-4-3-5-11-9(2)13-7-14(10)11/h3-5,7-8H,6H2,1-2H3,(H,15,16). The van der Waals surface area contributed by atoms with Crippen molar-refractivity contribution in [3.63, 3.8) is 0 Å². The predicted octanol–water partition coefficient (Wildman–Crippen LogP) is 2.22. The highest BCUT2D eigenvalue weighted by Gasteiger charge is 2.13. The molecule has 0 aliphatic carbocycles. The molecule has 84 valence electrons. The van der Waals surface area contributed by atoms with Gasteiger partial charge >= 0.3 is 5.97 Å². The SMILES string of the molecule is Cc1ncn2c(C(C)CC(=O)O)cccc12. The summed E-state index contributed by atoms with van der Waals surface area (Å²) in [4.78, 5) is 14.9. The van der Waals surface area contributed by atoms with E-state index in [1.165, 1.54) is 0 Å². The number of carboxylic acid groups (broad SMARTS) is 1. The molecule has 0 radical (unpaired) electrons. The van der Waals surface area contributed by atoms with Crippen molar-refractivity contribution in [2.75, 3.05) is 0 Å². The summed E-state index contributed by atoms with van der Waals surface area (Å²) in [5.74, 6) is -0.795. The number of imidazole rings is 1. The van der Waals surface area contributed by atoms with E-state index < -0.39 is 5.97 Å². The molecular formula is C12H14N2O2. The van der Waals surface area contributed by atoms with Gasteiger partial charge in [0.25, 0.3) is 0 Å². The van der Waals surface area contributed by atoms with Gasteiger partial charge in [-0.15, -0.1) is 0 Å². The van der Waals surface area contributed by atoms with Crippen molar-refractivity contribution in [2.24, 2.45) is 0 Å². The van der Waals surface area contributed by atoms with Crippen molar-refractivity contribution in [3.05, 3.63) is 35.9 Å². The second kappa shape index (κ2) is 3.96. The van der Waals surface area contributed by atoms with Gasteiger partial charge in [-0.05, 0) is 19.1 Å². The van der Waals surface area contributed by atoms with E-state index in [1.807, 2.05) is 36.4 Å². The Kier molecular flexibility index (Phi) is 2.64. The van der Waals surface area contributed by atoms with E-state index >= 15 is 0 Å². The van der Waals surface area contributed by atoms with Crippen LogP contribution in [0.15, 0.2) is 24.5 Å². The molecule has 16 heavy (non-hydrogen) atoms. The molecule has 2 aromatic rings. The van der Waals surface area contributed by atoms with E-state index in [0.717, 1.165) is 16.9 Å². The van der Waals surface area contributed by atoms with Crippen molar-refractivity contribution in [1.82, 2.24) is 9.38 Å². The van der Waals surface area contributed by atoms with Gasteiger partial charge in [0.2, 0.25) is 0 Å². The Balaban J connectivity index is 2.48. The van der Waals surface area contributed by atoms with Crippen LogP contribution in [0.5, 0.6) is 0 Å². The van der Waals surface area contributed by atoms with Gasteiger partial charge in [0, 0.05) is 11.6 Å². The molecule has 0 spiro atoms. The molecule has 0 amide bonds. The topological polar surface area (TPSA) is 54.6 Å².